The van der Waals surface area contributed by atoms with Crippen molar-refractivity contribution in [2.24, 2.45) is 5.92 Å². The molecule has 2 amide bonds. The van der Waals surface area contributed by atoms with Crippen LogP contribution in [0.3, 0.4) is 0 Å². The summed E-state index contributed by atoms with van der Waals surface area (Å²) >= 11 is 0. The van der Waals surface area contributed by atoms with Gasteiger partial charge in [0, 0.05) is 11.8 Å². The van der Waals surface area contributed by atoms with Gasteiger partial charge in [-0.15, -0.1) is 0 Å². The van der Waals surface area contributed by atoms with Gasteiger partial charge in [0.25, 0.3) is 5.91 Å². The predicted octanol–water partition coefficient (Wildman–Crippen LogP) is 2.58. The number of methoxy groups -OCH3 is 1. The number of hydrogen-bond donors (Lipinski definition) is 2. The number of rotatable bonds is 5. The molecule has 7 nitrogen and oxygen atoms in total. The van der Waals surface area contributed by atoms with E-state index in [1.165, 1.54) is 13.3 Å². The van der Waals surface area contributed by atoms with Crippen LogP contribution in [0, 0.1) is 5.92 Å². The quantitative estimate of drug-likeness (QED) is 0.862. The Morgan fingerprint density at radius 2 is 2.08 bits per heavy atom. The van der Waals surface area contributed by atoms with Gasteiger partial charge >= 0.3 is 0 Å². The molecule has 1 aliphatic rings. The molecule has 136 valence electrons. The average molecular weight is 354 g/mol. The van der Waals surface area contributed by atoms with E-state index in [4.69, 9.17) is 4.74 Å². The Kier molecular flexibility index (Phi) is 5.06. The fourth-order valence-electron chi connectivity index (χ4n) is 2.94. The van der Waals surface area contributed by atoms with Gasteiger partial charge in [-0.1, -0.05) is 26.0 Å². The van der Waals surface area contributed by atoms with Crippen LogP contribution in [0.25, 0.3) is 0 Å². The SMILES string of the molecule is COc1ccc(NC(=O)CN2C(=O)c3ccccc3N[C@H]2C(C)C)cn1. The second-order valence-electron chi connectivity index (χ2n) is 6.45. The Balaban J connectivity index is 1.75. The minimum atomic E-state index is -0.280. The first-order chi connectivity index (χ1) is 12.5. The summed E-state index contributed by atoms with van der Waals surface area (Å²) in [6, 6.07) is 10.7. The lowest BCUT2D eigenvalue weighted by Gasteiger charge is -2.39. The fraction of sp³-hybridized carbons (Fsp3) is 0.316. The highest BCUT2D eigenvalue weighted by atomic mass is 16.5. The molecule has 3 rings (SSSR count). The van der Waals surface area contributed by atoms with E-state index in [9.17, 15) is 9.59 Å². The Morgan fingerprint density at radius 1 is 1.31 bits per heavy atom. The number of pyridine rings is 1. The van der Waals surface area contributed by atoms with Gasteiger partial charge in [-0.05, 0) is 24.1 Å². The van der Waals surface area contributed by atoms with Crippen molar-refractivity contribution in [2.75, 3.05) is 24.3 Å². The minimum absolute atomic E-state index is 0.0466. The molecule has 0 aliphatic carbocycles. The topological polar surface area (TPSA) is 83.6 Å². The average Bonchev–Trinajstić information content (AvgIpc) is 2.64. The summed E-state index contributed by atoms with van der Waals surface area (Å²) in [5.41, 5.74) is 1.92. The van der Waals surface area contributed by atoms with Crippen LogP contribution < -0.4 is 15.4 Å². The Bertz CT molecular complexity index is 805. The van der Waals surface area contributed by atoms with Gasteiger partial charge in [0.05, 0.1) is 24.6 Å². The first kappa shape index (κ1) is 17.7. The van der Waals surface area contributed by atoms with Crippen LogP contribution in [-0.4, -0.2) is 41.5 Å². The number of anilines is 2. The molecule has 0 radical (unpaired) electrons. The van der Waals surface area contributed by atoms with Gasteiger partial charge < -0.3 is 20.3 Å². The molecular weight excluding hydrogens is 332 g/mol. The Labute approximate surface area is 152 Å². The van der Waals surface area contributed by atoms with E-state index < -0.39 is 0 Å². The molecule has 1 aromatic carbocycles. The van der Waals surface area contributed by atoms with E-state index in [2.05, 4.69) is 15.6 Å². The molecule has 0 saturated heterocycles. The summed E-state index contributed by atoms with van der Waals surface area (Å²) in [6.45, 7) is 3.98. The molecule has 0 fully saturated rings. The zero-order valence-electron chi connectivity index (χ0n) is 15.0. The summed E-state index contributed by atoms with van der Waals surface area (Å²) in [5, 5.41) is 6.12. The number of ether oxygens (including phenoxy) is 1. The maximum atomic E-state index is 12.9. The number of carbonyl (C=O) groups excluding carboxylic acids is 2. The summed E-state index contributed by atoms with van der Waals surface area (Å²) in [7, 11) is 1.53. The molecule has 1 atom stereocenters. The third kappa shape index (κ3) is 3.61. The van der Waals surface area contributed by atoms with Gasteiger partial charge in [0.2, 0.25) is 11.8 Å². The standard InChI is InChI=1S/C19H22N4O3/c1-12(2)18-22-15-7-5-4-6-14(15)19(25)23(18)11-16(24)21-13-8-9-17(26-3)20-10-13/h4-10,12,18,22H,11H2,1-3H3,(H,21,24)/t18-/m1/s1. The first-order valence-corrected chi connectivity index (χ1v) is 8.46. The van der Waals surface area contributed by atoms with E-state index in [-0.39, 0.29) is 30.4 Å². The number of nitrogens with one attached hydrogen (secondary N) is 2. The van der Waals surface area contributed by atoms with Crippen molar-refractivity contribution in [3.05, 3.63) is 48.2 Å². The lowest BCUT2D eigenvalue weighted by Crippen LogP contribution is -2.53. The van der Waals surface area contributed by atoms with Crippen molar-refractivity contribution in [1.29, 1.82) is 0 Å². The number of benzene rings is 1. The zero-order chi connectivity index (χ0) is 18.7. The second kappa shape index (κ2) is 7.43. The molecule has 1 aromatic heterocycles. The molecule has 0 spiro atoms. The van der Waals surface area contributed by atoms with Crippen LogP contribution in [0.5, 0.6) is 5.88 Å². The van der Waals surface area contributed by atoms with Gasteiger partial charge in [-0.3, -0.25) is 9.59 Å². The number of carbonyl (C=O) groups is 2. The molecular formula is C19H22N4O3. The van der Waals surface area contributed by atoms with Crippen LogP contribution in [0.15, 0.2) is 42.6 Å². The first-order valence-electron chi connectivity index (χ1n) is 8.46. The van der Waals surface area contributed by atoms with E-state index in [1.807, 2.05) is 32.0 Å². The number of hydrogen-bond acceptors (Lipinski definition) is 5. The third-order valence-corrected chi connectivity index (χ3v) is 4.23. The van der Waals surface area contributed by atoms with Crippen LogP contribution in [0.4, 0.5) is 11.4 Å². The molecule has 0 bridgehead atoms. The van der Waals surface area contributed by atoms with Crippen molar-refractivity contribution in [3.8, 4) is 5.88 Å². The molecule has 7 heteroatoms. The largest absolute Gasteiger partial charge is 0.481 e. The van der Waals surface area contributed by atoms with Gasteiger partial charge in [0.15, 0.2) is 0 Å². The highest BCUT2D eigenvalue weighted by Gasteiger charge is 2.34. The molecule has 1 aliphatic heterocycles. The number of nitrogens with zero attached hydrogens (tertiary/aromatic N) is 2. The fourth-order valence-corrected chi connectivity index (χ4v) is 2.94. The highest BCUT2D eigenvalue weighted by Crippen LogP contribution is 2.28. The maximum Gasteiger partial charge on any atom is 0.258 e. The zero-order valence-corrected chi connectivity index (χ0v) is 15.0. The monoisotopic (exact) mass is 354 g/mol. The summed E-state index contributed by atoms with van der Waals surface area (Å²) < 4.78 is 5.00. The van der Waals surface area contributed by atoms with Crippen molar-refractivity contribution in [2.45, 2.75) is 20.0 Å². The number of amides is 2. The normalized spacial score (nSPS) is 16.1. The number of fused-ring (bicyclic) bond motifs is 1. The van der Waals surface area contributed by atoms with Crippen molar-refractivity contribution < 1.29 is 14.3 Å². The van der Waals surface area contributed by atoms with Crippen molar-refractivity contribution >= 4 is 23.2 Å². The summed E-state index contributed by atoms with van der Waals surface area (Å²) in [4.78, 5) is 31.0. The Morgan fingerprint density at radius 3 is 2.73 bits per heavy atom. The van der Waals surface area contributed by atoms with E-state index in [1.54, 1.807) is 23.1 Å². The lowest BCUT2D eigenvalue weighted by molar-refractivity contribution is -0.117. The second-order valence-corrected chi connectivity index (χ2v) is 6.45. The molecule has 0 saturated carbocycles. The van der Waals surface area contributed by atoms with E-state index >= 15 is 0 Å². The van der Waals surface area contributed by atoms with Crippen LogP contribution >= 0.6 is 0 Å². The van der Waals surface area contributed by atoms with E-state index in [0.717, 1.165) is 5.69 Å². The minimum Gasteiger partial charge on any atom is -0.481 e. The van der Waals surface area contributed by atoms with Crippen molar-refractivity contribution in [1.82, 2.24) is 9.88 Å². The maximum absolute atomic E-state index is 12.9. The summed E-state index contributed by atoms with van der Waals surface area (Å²) in [6.07, 6.45) is 1.26. The lowest BCUT2D eigenvalue weighted by atomic mass is 10.0. The van der Waals surface area contributed by atoms with Crippen LogP contribution in [0.1, 0.15) is 24.2 Å². The summed E-state index contributed by atoms with van der Waals surface area (Å²) in [5.74, 6) is 0.177. The van der Waals surface area contributed by atoms with E-state index in [0.29, 0.717) is 17.1 Å². The Hall–Kier alpha value is -3.09. The number of para-hydroxylation sites is 1. The van der Waals surface area contributed by atoms with Gasteiger partial charge in [-0.25, -0.2) is 4.98 Å². The van der Waals surface area contributed by atoms with Gasteiger partial charge in [0.1, 0.15) is 12.7 Å². The predicted molar refractivity (Wildman–Crippen MR) is 99.1 cm³/mol. The molecule has 26 heavy (non-hydrogen) atoms. The van der Waals surface area contributed by atoms with Gasteiger partial charge in [-0.2, -0.15) is 0 Å². The van der Waals surface area contributed by atoms with Crippen LogP contribution in [-0.2, 0) is 4.79 Å². The molecule has 2 heterocycles. The highest BCUT2D eigenvalue weighted by molar-refractivity contribution is 6.04. The van der Waals surface area contributed by atoms with Crippen LogP contribution in [0.2, 0.25) is 0 Å². The molecule has 2 aromatic rings. The third-order valence-electron chi connectivity index (χ3n) is 4.23. The number of aromatic nitrogens is 1. The molecule has 2 N–H and O–H groups in total. The molecule has 0 unspecified atom stereocenters. The van der Waals surface area contributed by atoms with Crippen molar-refractivity contribution in [3.63, 3.8) is 0 Å². The smallest absolute Gasteiger partial charge is 0.258 e.